The first-order valence-electron chi connectivity index (χ1n) is 5.75. The molecule has 0 aromatic carbocycles. The molecule has 0 aliphatic heterocycles. The minimum absolute atomic E-state index is 0.261. The average Bonchev–Trinajstić information content (AvgIpc) is 2.75. The van der Waals surface area contributed by atoms with E-state index in [4.69, 9.17) is 0 Å². The fraction of sp³-hybridized carbons (Fsp3) is 0.600. The first kappa shape index (κ1) is 15.9. The summed E-state index contributed by atoms with van der Waals surface area (Å²) in [5.74, 6) is -0.261. The van der Waals surface area contributed by atoms with Gasteiger partial charge in [-0.05, 0) is 12.8 Å². The van der Waals surface area contributed by atoms with Crippen LogP contribution >= 0.6 is 11.3 Å². The zero-order valence-electron chi connectivity index (χ0n) is 10.8. The third-order valence-electron chi connectivity index (χ3n) is 2.15. The number of hydrogen-bond acceptors (Lipinski definition) is 6. The molecule has 1 heterocycles. The molecule has 0 aliphatic rings. The molecule has 1 rings (SSSR count). The van der Waals surface area contributed by atoms with Crippen LogP contribution in [-0.2, 0) is 26.2 Å². The van der Waals surface area contributed by atoms with Gasteiger partial charge >= 0.3 is 16.2 Å². The number of aromatic nitrogens is 1. The standard InChI is InChI=1S/C10H17N3O4S2/c1-3-11-19(15,16)13-10-12-8(7-18-10)5-4-6-9(14)17-2/h7,11H,3-6H2,1-2H3,(H,12,13). The highest BCUT2D eigenvalue weighted by Gasteiger charge is 2.11. The summed E-state index contributed by atoms with van der Waals surface area (Å²) >= 11 is 1.21. The molecule has 19 heavy (non-hydrogen) atoms. The van der Waals surface area contributed by atoms with Gasteiger partial charge in [-0.2, -0.15) is 13.1 Å². The SMILES string of the molecule is CCNS(=O)(=O)Nc1nc(CCCC(=O)OC)cs1. The number of rotatable bonds is 8. The number of carbonyl (C=O) groups excluding carboxylic acids is 1. The summed E-state index contributed by atoms with van der Waals surface area (Å²) in [6.07, 6.45) is 1.55. The molecule has 7 nitrogen and oxygen atoms in total. The summed E-state index contributed by atoms with van der Waals surface area (Å²) in [5.41, 5.74) is 0.753. The van der Waals surface area contributed by atoms with Crippen LogP contribution in [0.2, 0.25) is 0 Å². The van der Waals surface area contributed by atoms with Crippen LogP contribution in [0, 0.1) is 0 Å². The number of nitrogens with one attached hydrogen (secondary N) is 2. The highest BCUT2D eigenvalue weighted by atomic mass is 32.2. The number of thiazole rings is 1. The van der Waals surface area contributed by atoms with Gasteiger partial charge in [0.15, 0.2) is 5.13 Å². The molecule has 0 saturated carbocycles. The van der Waals surface area contributed by atoms with E-state index in [1.165, 1.54) is 18.4 Å². The van der Waals surface area contributed by atoms with E-state index in [1.807, 2.05) is 0 Å². The Labute approximate surface area is 116 Å². The van der Waals surface area contributed by atoms with Crippen molar-refractivity contribution < 1.29 is 17.9 Å². The van der Waals surface area contributed by atoms with Gasteiger partial charge in [-0.15, -0.1) is 11.3 Å². The van der Waals surface area contributed by atoms with Crippen molar-refractivity contribution in [3.8, 4) is 0 Å². The summed E-state index contributed by atoms with van der Waals surface area (Å²) < 4.78 is 32.0. The average molecular weight is 307 g/mol. The molecule has 0 spiro atoms. The first-order valence-corrected chi connectivity index (χ1v) is 8.11. The fourth-order valence-corrected chi connectivity index (χ4v) is 3.16. The molecule has 0 fully saturated rings. The minimum Gasteiger partial charge on any atom is -0.469 e. The monoisotopic (exact) mass is 307 g/mol. The maximum Gasteiger partial charge on any atom is 0.305 e. The quantitative estimate of drug-likeness (QED) is 0.696. The number of ether oxygens (including phenoxy) is 1. The number of methoxy groups -OCH3 is 1. The Kier molecular flexibility index (Phi) is 6.19. The zero-order chi connectivity index (χ0) is 14.3. The summed E-state index contributed by atoms with van der Waals surface area (Å²) in [7, 11) is -2.19. The molecule has 0 atom stereocenters. The van der Waals surface area contributed by atoms with Crippen LogP contribution in [0.15, 0.2) is 5.38 Å². The highest BCUT2D eigenvalue weighted by Crippen LogP contribution is 2.17. The largest absolute Gasteiger partial charge is 0.469 e. The van der Waals surface area contributed by atoms with Gasteiger partial charge in [-0.25, -0.2) is 9.71 Å². The Morgan fingerprint density at radius 3 is 2.89 bits per heavy atom. The third kappa shape index (κ3) is 5.99. The van der Waals surface area contributed by atoms with Gasteiger partial charge in [0, 0.05) is 18.3 Å². The lowest BCUT2D eigenvalue weighted by molar-refractivity contribution is -0.140. The van der Waals surface area contributed by atoms with Gasteiger partial charge in [-0.1, -0.05) is 6.92 Å². The molecule has 0 radical (unpaired) electrons. The number of anilines is 1. The summed E-state index contributed by atoms with van der Waals surface area (Å²) in [6, 6.07) is 0. The van der Waals surface area contributed by atoms with Crippen molar-refractivity contribution in [1.82, 2.24) is 9.71 Å². The van der Waals surface area contributed by atoms with E-state index in [2.05, 4.69) is 19.2 Å². The molecule has 0 amide bonds. The number of aryl methyl sites for hydroxylation is 1. The Bertz CT molecular complexity index is 513. The summed E-state index contributed by atoms with van der Waals surface area (Å²) in [5, 5.41) is 2.08. The van der Waals surface area contributed by atoms with Gasteiger partial charge in [0.2, 0.25) is 0 Å². The van der Waals surface area contributed by atoms with Crippen LogP contribution in [0.3, 0.4) is 0 Å². The van der Waals surface area contributed by atoms with Crippen LogP contribution < -0.4 is 9.44 Å². The van der Waals surface area contributed by atoms with Crippen LogP contribution in [-0.4, -0.2) is 33.0 Å². The van der Waals surface area contributed by atoms with E-state index in [0.717, 1.165) is 5.69 Å². The highest BCUT2D eigenvalue weighted by molar-refractivity contribution is 7.91. The maximum absolute atomic E-state index is 11.4. The van der Waals surface area contributed by atoms with Crippen LogP contribution in [0.4, 0.5) is 5.13 Å². The van der Waals surface area contributed by atoms with E-state index >= 15 is 0 Å². The van der Waals surface area contributed by atoms with Crippen molar-refractivity contribution in [3.63, 3.8) is 0 Å². The number of esters is 1. The second-order valence-electron chi connectivity index (χ2n) is 3.68. The minimum atomic E-state index is -3.54. The first-order chi connectivity index (χ1) is 8.96. The van der Waals surface area contributed by atoms with Crippen LogP contribution in [0.25, 0.3) is 0 Å². The molecular weight excluding hydrogens is 290 g/mol. The van der Waals surface area contributed by atoms with E-state index in [-0.39, 0.29) is 5.97 Å². The molecule has 0 saturated heterocycles. The lowest BCUT2D eigenvalue weighted by Gasteiger charge is -2.03. The van der Waals surface area contributed by atoms with Crippen molar-refractivity contribution in [2.75, 3.05) is 18.4 Å². The Morgan fingerprint density at radius 2 is 2.26 bits per heavy atom. The molecule has 0 bridgehead atoms. The smallest absolute Gasteiger partial charge is 0.305 e. The molecule has 1 aromatic heterocycles. The molecule has 108 valence electrons. The van der Waals surface area contributed by atoms with Gasteiger partial charge in [0.1, 0.15) is 0 Å². The predicted molar refractivity (Wildman–Crippen MR) is 73.3 cm³/mol. The van der Waals surface area contributed by atoms with Crippen LogP contribution in [0.1, 0.15) is 25.5 Å². The van der Waals surface area contributed by atoms with Gasteiger partial charge < -0.3 is 4.74 Å². The van der Waals surface area contributed by atoms with Crippen molar-refractivity contribution in [1.29, 1.82) is 0 Å². The normalized spacial score (nSPS) is 11.3. The molecule has 9 heteroatoms. The van der Waals surface area contributed by atoms with Crippen molar-refractivity contribution in [2.24, 2.45) is 0 Å². The van der Waals surface area contributed by atoms with Crippen molar-refractivity contribution in [3.05, 3.63) is 11.1 Å². The summed E-state index contributed by atoms with van der Waals surface area (Å²) in [4.78, 5) is 15.1. The number of nitrogens with zero attached hydrogens (tertiary/aromatic N) is 1. The lowest BCUT2D eigenvalue weighted by Crippen LogP contribution is -2.29. The van der Waals surface area contributed by atoms with Crippen molar-refractivity contribution in [2.45, 2.75) is 26.2 Å². The molecule has 0 aliphatic carbocycles. The third-order valence-corrected chi connectivity index (χ3v) is 4.22. The molecule has 2 N–H and O–H groups in total. The Balaban J connectivity index is 2.46. The van der Waals surface area contributed by atoms with Gasteiger partial charge in [0.25, 0.3) is 0 Å². The molecule has 0 unspecified atom stereocenters. The van der Waals surface area contributed by atoms with E-state index in [1.54, 1.807) is 12.3 Å². The Morgan fingerprint density at radius 1 is 1.53 bits per heavy atom. The fourth-order valence-electron chi connectivity index (χ4n) is 1.33. The number of hydrogen-bond donors (Lipinski definition) is 2. The second kappa shape index (κ2) is 7.41. The predicted octanol–water partition coefficient (Wildman–Crippen LogP) is 0.905. The van der Waals surface area contributed by atoms with Gasteiger partial charge in [0.05, 0.1) is 12.8 Å². The molecule has 1 aromatic rings. The van der Waals surface area contributed by atoms with E-state index in [9.17, 15) is 13.2 Å². The van der Waals surface area contributed by atoms with E-state index < -0.39 is 10.2 Å². The zero-order valence-corrected chi connectivity index (χ0v) is 12.4. The molecular formula is C10H17N3O4S2. The van der Waals surface area contributed by atoms with Gasteiger partial charge in [-0.3, -0.25) is 4.79 Å². The lowest BCUT2D eigenvalue weighted by atomic mass is 10.2. The topological polar surface area (TPSA) is 97.4 Å². The van der Waals surface area contributed by atoms with Crippen molar-refractivity contribution >= 4 is 32.6 Å². The second-order valence-corrected chi connectivity index (χ2v) is 6.03. The summed E-state index contributed by atoms with van der Waals surface area (Å²) in [6.45, 7) is 2.01. The number of carbonyl (C=O) groups is 1. The maximum atomic E-state index is 11.4. The van der Waals surface area contributed by atoms with E-state index in [0.29, 0.717) is 30.9 Å². The van der Waals surface area contributed by atoms with Crippen LogP contribution in [0.5, 0.6) is 0 Å². The Hall–Kier alpha value is -1.19.